The highest BCUT2D eigenvalue weighted by Gasteiger charge is 2.13. The Morgan fingerprint density at radius 1 is 1.50 bits per heavy atom. The summed E-state index contributed by atoms with van der Waals surface area (Å²) in [6, 6.07) is 3.08. The number of anilines is 1. The van der Waals surface area contributed by atoms with Crippen molar-refractivity contribution >= 4 is 39.3 Å². The van der Waals surface area contributed by atoms with Crippen molar-refractivity contribution in [3.05, 3.63) is 40.1 Å². The fraction of sp³-hybridized carbons (Fsp3) is 0. The number of nitrogens with one attached hydrogen (secondary N) is 1. The number of halogens is 2. The molecule has 5 nitrogen and oxygen atoms in total. The highest BCUT2D eigenvalue weighted by Crippen LogP contribution is 2.18. The Balaban J connectivity index is 2.17. The second-order valence-electron chi connectivity index (χ2n) is 2.77. The summed E-state index contributed by atoms with van der Waals surface area (Å²) in [5, 5.41) is 2.63. The van der Waals surface area contributed by atoms with Crippen LogP contribution in [0.25, 0.3) is 0 Å². The van der Waals surface area contributed by atoms with Crippen LogP contribution < -0.4 is 5.32 Å². The minimum absolute atomic E-state index is 0.0732. The first-order valence-electron chi connectivity index (χ1n) is 4.19. The SMILES string of the molecule is O=C(Nc1ccnc(Cl)n1)c1ccoc1Br. The van der Waals surface area contributed by atoms with E-state index in [0.717, 1.165) is 0 Å². The predicted molar refractivity (Wildman–Crippen MR) is 61.4 cm³/mol. The molecule has 1 N–H and O–H groups in total. The molecule has 0 saturated heterocycles. The lowest BCUT2D eigenvalue weighted by molar-refractivity contribution is 0.102. The molecule has 16 heavy (non-hydrogen) atoms. The van der Waals surface area contributed by atoms with Crippen LogP contribution in [0.5, 0.6) is 0 Å². The lowest BCUT2D eigenvalue weighted by Crippen LogP contribution is -2.12. The van der Waals surface area contributed by atoms with E-state index in [-0.39, 0.29) is 11.2 Å². The van der Waals surface area contributed by atoms with Crippen LogP contribution in [-0.4, -0.2) is 15.9 Å². The quantitative estimate of drug-likeness (QED) is 0.866. The molecule has 0 aromatic carbocycles. The summed E-state index contributed by atoms with van der Waals surface area (Å²) in [6.45, 7) is 0. The van der Waals surface area contributed by atoms with E-state index in [0.29, 0.717) is 16.1 Å². The normalized spacial score (nSPS) is 10.1. The first kappa shape index (κ1) is 11.1. The molecule has 2 heterocycles. The molecular formula is C9H5BrClN3O2. The van der Waals surface area contributed by atoms with Gasteiger partial charge in [0, 0.05) is 6.20 Å². The average molecular weight is 303 g/mol. The summed E-state index contributed by atoms with van der Waals surface area (Å²) < 4.78 is 5.31. The zero-order valence-corrected chi connectivity index (χ0v) is 10.1. The fourth-order valence-electron chi connectivity index (χ4n) is 1.04. The summed E-state index contributed by atoms with van der Waals surface area (Å²) >= 11 is 8.69. The maximum atomic E-state index is 11.7. The van der Waals surface area contributed by atoms with Crippen molar-refractivity contribution in [2.45, 2.75) is 0 Å². The van der Waals surface area contributed by atoms with Crippen LogP contribution in [0.1, 0.15) is 10.4 Å². The fourth-order valence-corrected chi connectivity index (χ4v) is 1.61. The minimum atomic E-state index is -0.338. The molecule has 0 atom stereocenters. The van der Waals surface area contributed by atoms with E-state index in [1.807, 2.05) is 0 Å². The van der Waals surface area contributed by atoms with Gasteiger partial charge in [-0.25, -0.2) is 9.97 Å². The molecule has 2 aromatic rings. The Morgan fingerprint density at radius 2 is 2.31 bits per heavy atom. The molecule has 0 saturated carbocycles. The molecule has 2 rings (SSSR count). The largest absolute Gasteiger partial charge is 0.457 e. The van der Waals surface area contributed by atoms with Gasteiger partial charge in [-0.15, -0.1) is 0 Å². The lowest BCUT2D eigenvalue weighted by Gasteiger charge is -2.02. The molecule has 0 spiro atoms. The zero-order valence-electron chi connectivity index (χ0n) is 7.78. The van der Waals surface area contributed by atoms with E-state index >= 15 is 0 Å². The van der Waals surface area contributed by atoms with Gasteiger partial charge in [0.1, 0.15) is 5.82 Å². The third-order valence-electron chi connectivity index (χ3n) is 1.73. The topological polar surface area (TPSA) is 68.0 Å². The van der Waals surface area contributed by atoms with E-state index in [2.05, 4.69) is 31.2 Å². The number of carbonyl (C=O) groups is 1. The second kappa shape index (κ2) is 4.63. The number of hydrogen-bond donors (Lipinski definition) is 1. The third kappa shape index (κ3) is 2.40. The smallest absolute Gasteiger partial charge is 0.261 e. The molecule has 0 aliphatic carbocycles. The van der Waals surface area contributed by atoms with Gasteiger partial charge in [0.05, 0.1) is 11.8 Å². The van der Waals surface area contributed by atoms with E-state index in [1.165, 1.54) is 18.5 Å². The van der Waals surface area contributed by atoms with Crippen LogP contribution >= 0.6 is 27.5 Å². The van der Waals surface area contributed by atoms with Crippen molar-refractivity contribution in [2.75, 3.05) is 5.32 Å². The number of carbonyl (C=O) groups excluding carboxylic acids is 1. The summed E-state index contributed by atoms with van der Waals surface area (Å²) in [4.78, 5) is 19.2. The first-order chi connectivity index (χ1) is 7.66. The van der Waals surface area contributed by atoms with E-state index in [4.69, 9.17) is 16.0 Å². The van der Waals surface area contributed by atoms with Gasteiger partial charge >= 0.3 is 0 Å². The van der Waals surface area contributed by atoms with Crippen molar-refractivity contribution in [3.8, 4) is 0 Å². The third-order valence-corrected chi connectivity index (χ3v) is 2.53. The molecule has 0 unspecified atom stereocenters. The second-order valence-corrected chi connectivity index (χ2v) is 3.83. The van der Waals surface area contributed by atoms with Gasteiger partial charge in [0.25, 0.3) is 5.91 Å². The minimum Gasteiger partial charge on any atom is -0.457 e. The number of aromatic nitrogens is 2. The van der Waals surface area contributed by atoms with Crippen LogP contribution in [0.4, 0.5) is 5.82 Å². The first-order valence-corrected chi connectivity index (χ1v) is 5.37. The maximum absolute atomic E-state index is 11.7. The van der Waals surface area contributed by atoms with Crippen LogP contribution in [-0.2, 0) is 0 Å². The number of amides is 1. The van der Waals surface area contributed by atoms with E-state index in [1.54, 1.807) is 6.07 Å². The molecule has 0 radical (unpaired) electrons. The van der Waals surface area contributed by atoms with Crippen LogP contribution in [0.3, 0.4) is 0 Å². The van der Waals surface area contributed by atoms with Crippen molar-refractivity contribution in [1.82, 2.24) is 9.97 Å². The van der Waals surface area contributed by atoms with E-state index in [9.17, 15) is 4.79 Å². The van der Waals surface area contributed by atoms with Crippen LogP contribution in [0.15, 0.2) is 33.7 Å². The zero-order chi connectivity index (χ0) is 11.5. The Hall–Kier alpha value is -1.40. The van der Waals surface area contributed by atoms with Gasteiger partial charge in [-0.2, -0.15) is 0 Å². The van der Waals surface area contributed by atoms with Crippen LogP contribution in [0.2, 0.25) is 5.28 Å². The van der Waals surface area contributed by atoms with Gasteiger partial charge in [-0.1, -0.05) is 0 Å². The van der Waals surface area contributed by atoms with Gasteiger partial charge in [-0.3, -0.25) is 4.79 Å². The molecule has 7 heteroatoms. The predicted octanol–water partition coefficient (Wildman–Crippen LogP) is 2.74. The average Bonchev–Trinajstić information content (AvgIpc) is 2.64. The lowest BCUT2D eigenvalue weighted by atomic mass is 10.3. The molecule has 0 aliphatic heterocycles. The molecule has 2 aromatic heterocycles. The molecule has 82 valence electrons. The van der Waals surface area contributed by atoms with Crippen molar-refractivity contribution < 1.29 is 9.21 Å². The Kier molecular flexibility index (Phi) is 3.21. The maximum Gasteiger partial charge on any atom is 0.261 e. The van der Waals surface area contributed by atoms with Gasteiger partial charge in [0.2, 0.25) is 5.28 Å². The van der Waals surface area contributed by atoms with E-state index < -0.39 is 0 Å². The molecular weight excluding hydrogens is 297 g/mol. The Morgan fingerprint density at radius 3 is 2.94 bits per heavy atom. The number of furan rings is 1. The Bertz CT molecular complexity index is 529. The number of rotatable bonds is 2. The van der Waals surface area contributed by atoms with Crippen molar-refractivity contribution in [3.63, 3.8) is 0 Å². The molecule has 0 fully saturated rings. The summed E-state index contributed by atoms with van der Waals surface area (Å²) in [5.74, 6) is -0.00603. The highest BCUT2D eigenvalue weighted by atomic mass is 79.9. The summed E-state index contributed by atoms with van der Waals surface area (Å²) in [7, 11) is 0. The molecule has 1 amide bonds. The van der Waals surface area contributed by atoms with Gasteiger partial charge < -0.3 is 9.73 Å². The Labute approximate surface area is 104 Å². The standard InChI is InChI=1S/C9H5BrClN3O2/c10-7-5(2-4-16-7)8(15)13-6-1-3-12-9(11)14-6/h1-4H,(H,12,13,14,15). The van der Waals surface area contributed by atoms with Crippen LogP contribution in [0, 0.1) is 0 Å². The molecule has 0 aliphatic rings. The molecule has 0 bridgehead atoms. The number of hydrogen-bond acceptors (Lipinski definition) is 4. The monoisotopic (exact) mass is 301 g/mol. The highest BCUT2D eigenvalue weighted by molar-refractivity contribution is 9.10. The van der Waals surface area contributed by atoms with Crippen molar-refractivity contribution in [2.24, 2.45) is 0 Å². The van der Waals surface area contributed by atoms with Gasteiger partial charge in [-0.05, 0) is 39.7 Å². The summed E-state index contributed by atoms with van der Waals surface area (Å²) in [6.07, 6.45) is 2.86. The number of nitrogens with zero attached hydrogens (tertiary/aromatic N) is 2. The van der Waals surface area contributed by atoms with Gasteiger partial charge in [0.15, 0.2) is 4.67 Å². The summed E-state index contributed by atoms with van der Waals surface area (Å²) in [5.41, 5.74) is 0.384. The van der Waals surface area contributed by atoms with Crippen molar-refractivity contribution in [1.29, 1.82) is 0 Å².